The molecule has 0 fully saturated rings. The lowest BCUT2D eigenvalue weighted by Crippen LogP contribution is -2.19. The summed E-state index contributed by atoms with van der Waals surface area (Å²) in [5, 5.41) is 10.6. The molecule has 0 unspecified atom stereocenters. The van der Waals surface area contributed by atoms with E-state index in [9.17, 15) is 23.3 Å². The maximum absolute atomic E-state index is 12.0. The Kier molecular flexibility index (Phi) is 3.95. The summed E-state index contributed by atoms with van der Waals surface area (Å²) < 4.78 is 44.1. The number of rotatable bonds is 3. The summed E-state index contributed by atoms with van der Waals surface area (Å²) in [5.74, 6) is -1.66. The standard InChI is InChI=1S/C7H4F3IN2O4/c1-16-5-3(13(14)15)2-4(11)12-6(5)17-7(8,9)10/h2H,1H3. The Bertz CT molecular complexity index is 451. The molecule has 17 heavy (non-hydrogen) atoms. The first-order valence-corrected chi connectivity index (χ1v) is 4.97. The van der Waals surface area contributed by atoms with Crippen LogP contribution >= 0.6 is 22.6 Å². The Morgan fingerprint density at radius 2 is 2.12 bits per heavy atom. The largest absolute Gasteiger partial charge is 0.574 e. The van der Waals surface area contributed by atoms with E-state index in [0.717, 1.165) is 13.2 Å². The lowest BCUT2D eigenvalue weighted by atomic mass is 10.4. The van der Waals surface area contributed by atoms with Gasteiger partial charge in [-0.2, -0.15) is 0 Å². The summed E-state index contributed by atoms with van der Waals surface area (Å²) in [6.45, 7) is 0. The zero-order chi connectivity index (χ0) is 13.2. The number of alkyl halides is 3. The van der Waals surface area contributed by atoms with E-state index in [1.165, 1.54) is 22.6 Å². The molecule has 94 valence electrons. The summed E-state index contributed by atoms with van der Waals surface area (Å²) in [6, 6.07) is 0.975. The maximum Gasteiger partial charge on any atom is 0.574 e. The molecule has 0 atom stereocenters. The maximum atomic E-state index is 12.0. The molecular formula is C7H4F3IN2O4. The third-order valence-electron chi connectivity index (χ3n) is 1.50. The number of nitrogens with zero attached hydrogens (tertiary/aromatic N) is 2. The smallest absolute Gasteiger partial charge is 0.486 e. The molecule has 0 saturated heterocycles. The minimum absolute atomic E-state index is 0.0191. The van der Waals surface area contributed by atoms with Gasteiger partial charge in [-0.3, -0.25) is 10.1 Å². The molecule has 1 rings (SSSR count). The van der Waals surface area contributed by atoms with Crippen LogP contribution in [0.25, 0.3) is 0 Å². The van der Waals surface area contributed by atoms with Crippen LogP contribution in [0, 0.1) is 13.8 Å². The molecule has 0 spiro atoms. The van der Waals surface area contributed by atoms with E-state index in [-0.39, 0.29) is 3.70 Å². The van der Waals surface area contributed by atoms with Crippen LogP contribution in [0.1, 0.15) is 0 Å². The number of hydrogen-bond donors (Lipinski definition) is 0. The number of aromatic nitrogens is 1. The number of hydrogen-bond acceptors (Lipinski definition) is 5. The van der Waals surface area contributed by atoms with Crippen molar-refractivity contribution in [2.45, 2.75) is 6.36 Å². The second kappa shape index (κ2) is 4.89. The summed E-state index contributed by atoms with van der Waals surface area (Å²) in [5.41, 5.74) is -0.647. The average molecular weight is 364 g/mol. The Hall–Kier alpha value is -1.33. The monoisotopic (exact) mass is 364 g/mol. The molecule has 1 aromatic heterocycles. The van der Waals surface area contributed by atoms with Gasteiger partial charge >= 0.3 is 12.0 Å². The second-order valence-corrected chi connectivity index (χ2v) is 3.71. The van der Waals surface area contributed by atoms with Gasteiger partial charge in [0.2, 0.25) is 0 Å². The van der Waals surface area contributed by atoms with E-state index in [0.29, 0.717) is 0 Å². The summed E-state index contributed by atoms with van der Waals surface area (Å²) in [6.07, 6.45) is -5.00. The molecule has 0 bridgehead atoms. The fourth-order valence-electron chi connectivity index (χ4n) is 0.974. The number of ether oxygens (including phenoxy) is 2. The molecule has 0 amide bonds. The molecule has 0 aliphatic heterocycles. The van der Waals surface area contributed by atoms with E-state index in [1.54, 1.807) is 0 Å². The molecular weight excluding hydrogens is 360 g/mol. The van der Waals surface area contributed by atoms with Crippen LogP contribution in [-0.2, 0) is 0 Å². The van der Waals surface area contributed by atoms with Crippen LogP contribution in [0.15, 0.2) is 6.07 Å². The predicted octanol–water partition coefficient (Wildman–Crippen LogP) is 2.50. The van der Waals surface area contributed by atoms with E-state index in [1.807, 2.05) is 0 Å². The van der Waals surface area contributed by atoms with Gasteiger partial charge < -0.3 is 9.47 Å². The highest BCUT2D eigenvalue weighted by atomic mass is 127. The first-order chi connectivity index (χ1) is 7.74. The van der Waals surface area contributed by atoms with E-state index in [4.69, 9.17) is 0 Å². The van der Waals surface area contributed by atoms with Crippen LogP contribution < -0.4 is 9.47 Å². The van der Waals surface area contributed by atoms with Crippen LogP contribution in [0.4, 0.5) is 18.9 Å². The Balaban J connectivity index is 3.33. The molecule has 1 aromatic rings. The van der Waals surface area contributed by atoms with Crippen LogP contribution in [0.2, 0.25) is 0 Å². The highest BCUT2D eigenvalue weighted by molar-refractivity contribution is 14.1. The minimum atomic E-state index is -5.00. The highest BCUT2D eigenvalue weighted by Gasteiger charge is 2.35. The van der Waals surface area contributed by atoms with E-state index < -0.39 is 28.6 Å². The summed E-state index contributed by atoms with van der Waals surface area (Å²) in [7, 11) is 0.986. The molecule has 0 aliphatic carbocycles. The van der Waals surface area contributed by atoms with Gasteiger partial charge in [0.25, 0.3) is 11.6 Å². The number of nitro groups is 1. The van der Waals surface area contributed by atoms with Crippen molar-refractivity contribution in [1.82, 2.24) is 4.98 Å². The first kappa shape index (κ1) is 13.7. The van der Waals surface area contributed by atoms with Gasteiger partial charge in [0.05, 0.1) is 18.1 Å². The van der Waals surface area contributed by atoms with Gasteiger partial charge in [0.15, 0.2) is 0 Å². The molecule has 6 nitrogen and oxygen atoms in total. The van der Waals surface area contributed by atoms with Gasteiger partial charge in [-0.05, 0) is 22.6 Å². The molecule has 0 aromatic carbocycles. The Morgan fingerprint density at radius 3 is 2.53 bits per heavy atom. The van der Waals surface area contributed by atoms with Crippen molar-refractivity contribution in [3.05, 3.63) is 19.9 Å². The van der Waals surface area contributed by atoms with Crippen molar-refractivity contribution in [2.24, 2.45) is 0 Å². The molecule has 0 aliphatic rings. The normalized spacial score (nSPS) is 11.1. The molecule has 1 heterocycles. The number of methoxy groups -OCH3 is 1. The number of halogens is 4. The van der Waals surface area contributed by atoms with Crippen molar-refractivity contribution in [2.75, 3.05) is 7.11 Å². The highest BCUT2D eigenvalue weighted by Crippen LogP contribution is 2.38. The topological polar surface area (TPSA) is 74.5 Å². The van der Waals surface area contributed by atoms with Crippen molar-refractivity contribution in [3.8, 4) is 11.6 Å². The summed E-state index contributed by atoms with van der Waals surface area (Å²) >= 11 is 1.53. The van der Waals surface area contributed by atoms with Crippen molar-refractivity contribution >= 4 is 28.3 Å². The Labute approximate surface area is 106 Å². The van der Waals surface area contributed by atoms with Crippen molar-refractivity contribution in [3.63, 3.8) is 0 Å². The van der Waals surface area contributed by atoms with Crippen LogP contribution in [0.5, 0.6) is 11.6 Å². The number of pyridine rings is 1. The molecule has 10 heteroatoms. The zero-order valence-corrected chi connectivity index (χ0v) is 10.3. The van der Waals surface area contributed by atoms with E-state index in [2.05, 4.69) is 14.5 Å². The van der Waals surface area contributed by atoms with Crippen LogP contribution in [0.3, 0.4) is 0 Å². The predicted molar refractivity (Wildman–Crippen MR) is 56.8 cm³/mol. The van der Waals surface area contributed by atoms with Gasteiger partial charge in [0.1, 0.15) is 3.70 Å². The van der Waals surface area contributed by atoms with Gasteiger partial charge in [-0.25, -0.2) is 4.98 Å². The van der Waals surface area contributed by atoms with E-state index >= 15 is 0 Å². The van der Waals surface area contributed by atoms with Gasteiger partial charge in [0, 0.05) is 0 Å². The fourth-order valence-corrected chi connectivity index (χ4v) is 1.49. The lowest BCUT2D eigenvalue weighted by Gasteiger charge is -2.11. The van der Waals surface area contributed by atoms with Gasteiger partial charge in [-0.1, -0.05) is 0 Å². The Morgan fingerprint density at radius 1 is 1.53 bits per heavy atom. The second-order valence-electron chi connectivity index (χ2n) is 2.61. The van der Waals surface area contributed by atoms with Crippen LogP contribution in [-0.4, -0.2) is 23.4 Å². The lowest BCUT2D eigenvalue weighted by molar-refractivity contribution is -0.386. The van der Waals surface area contributed by atoms with Gasteiger partial charge in [-0.15, -0.1) is 13.2 Å². The third kappa shape index (κ3) is 3.57. The van der Waals surface area contributed by atoms with Crippen molar-refractivity contribution < 1.29 is 27.6 Å². The quantitative estimate of drug-likeness (QED) is 0.357. The molecule has 0 radical (unpaired) electrons. The first-order valence-electron chi connectivity index (χ1n) is 3.89. The van der Waals surface area contributed by atoms with Crippen molar-refractivity contribution in [1.29, 1.82) is 0 Å². The zero-order valence-electron chi connectivity index (χ0n) is 8.12. The summed E-state index contributed by atoms with van der Waals surface area (Å²) in [4.78, 5) is 13.1. The average Bonchev–Trinajstić information content (AvgIpc) is 2.14. The SMILES string of the molecule is COc1c([N+](=O)[O-])cc(I)nc1OC(F)(F)F. The molecule has 0 N–H and O–H groups in total. The molecule has 0 saturated carbocycles. The minimum Gasteiger partial charge on any atom is -0.486 e. The third-order valence-corrected chi connectivity index (χ3v) is 2.06. The fraction of sp³-hybridized carbons (Fsp3) is 0.286.